The smallest absolute Gasteiger partial charge is 0.252 e. The number of carbonyl (C=O) groups is 1. The van der Waals surface area contributed by atoms with Crippen molar-refractivity contribution in [1.29, 1.82) is 0 Å². The van der Waals surface area contributed by atoms with Crippen molar-refractivity contribution in [3.05, 3.63) is 101 Å². The van der Waals surface area contributed by atoms with Crippen molar-refractivity contribution in [1.82, 2.24) is 15.3 Å². The molecule has 0 atom stereocenters. The summed E-state index contributed by atoms with van der Waals surface area (Å²) in [5.74, 6) is 0.619. The number of thiazole rings is 1. The molecule has 0 unspecified atom stereocenters. The molecule has 2 heterocycles. The molecule has 0 aliphatic rings. The molecule has 0 aliphatic heterocycles. The lowest BCUT2D eigenvalue weighted by Gasteiger charge is -2.09. The third kappa shape index (κ3) is 5.24. The summed E-state index contributed by atoms with van der Waals surface area (Å²) >= 11 is 1.54. The van der Waals surface area contributed by atoms with Crippen LogP contribution in [0.5, 0.6) is 5.75 Å². The van der Waals surface area contributed by atoms with Gasteiger partial charge in [0.2, 0.25) is 0 Å². The SMILES string of the molecule is COc1ccc(/C=C(/C(=O)NCc2csc(-c3cccnc3)n2)c2ccccc2)cc1. The van der Waals surface area contributed by atoms with Crippen LogP contribution in [0.3, 0.4) is 0 Å². The summed E-state index contributed by atoms with van der Waals surface area (Å²) in [7, 11) is 1.63. The van der Waals surface area contributed by atoms with E-state index in [0.717, 1.165) is 33.1 Å². The van der Waals surface area contributed by atoms with Gasteiger partial charge in [0.1, 0.15) is 10.8 Å². The van der Waals surface area contributed by atoms with Gasteiger partial charge in [-0.2, -0.15) is 0 Å². The highest BCUT2D eigenvalue weighted by Gasteiger charge is 2.13. The molecule has 0 bridgehead atoms. The van der Waals surface area contributed by atoms with Crippen LogP contribution >= 0.6 is 11.3 Å². The van der Waals surface area contributed by atoms with E-state index in [-0.39, 0.29) is 5.91 Å². The lowest BCUT2D eigenvalue weighted by molar-refractivity contribution is -0.115. The Morgan fingerprint density at radius 2 is 1.87 bits per heavy atom. The Morgan fingerprint density at radius 1 is 1.06 bits per heavy atom. The first-order valence-corrected chi connectivity index (χ1v) is 10.6. The number of amides is 1. The number of aromatic nitrogens is 2. The van der Waals surface area contributed by atoms with Gasteiger partial charge in [-0.05, 0) is 41.5 Å². The first-order valence-electron chi connectivity index (χ1n) is 9.77. The summed E-state index contributed by atoms with van der Waals surface area (Å²) in [5.41, 5.74) is 4.14. The molecule has 5 nitrogen and oxygen atoms in total. The van der Waals surface area contributed by atoms with Gasteiger partial charge in [-0.3, -0.25) is 9.78 Å². The third-order valence-electron chi connectivity index (χ3n) is 4.65. The van der Waals surface area contributed by atoms with Gasteiger partial charge in [0.15, 0.2) is 0 Å². The number of carbonyl (C=O) groups excluding carboxylic acids is 1. The molecule has 2 aromatic heterocycles. The molecule has 154 valence electrons. The standard InChI is InChI=1S/C25H21N3O2S/c1-30-22-11-9-18(10-12-22)14-23(19-6-3-2-4-7-19)24(29)27-16-21-17-31-25(28-21)20-8-5-13-26-15-20/h2-15,17H,16H2,1H3,(H,27,29)/b23-14+. The minimum Gasteiger partial charge on any atom is -0.497 e. The highest BCUT2D eigenvalue weighted by atomic mass is 32.1. The predicted molar refractivity (Wildman–Crippen MR) is 124 cm³/mol. The molecule has 1 N–H and O–H groups in total. The van der Waals surface area contributed by atoms with Crippen LogP contribution in [0.1, 0.15) is 16.8 Å². The molecular weight excluding hydrogens is 406 g/mol. The molecule has 0 saturated heterocycles. The molecular formula is C25H21N3O2S. The van der Waals surface area contributed by atoms with Gasteiger partial charge in [-0.25, -0.2) is 4.98 Å². The lowest BCUT2D eigenvalue weighted by atomic mass is 10.0. The molecule has 0 fully saturated rings. The van der Waals surface area contributed by atoms with Gasteiger partial charge in [0.05, 0.1) is 19.3 Å². The Labute approximate surface area is 185 Å². The van der Waals surface area contributed by atoms with E-state index in [9.17, 15) is 4.79 Å². The summed E-state index contributed by atoms with van der Waals surface area (Å²) < 4.78 is 5.22. The summed E-state index contributed by atoms with van der Waals surface area (Å²) in [6.07, 6.45) is 5.40. The summed E-state index contributed by atoms with van der Waals surface area (Å²) in [5, 5.41) is 5.84. The topological polar surface area (TPSA) is 64.1 Å². The fourth-order valence-electron chi connectivity index (χ4n) is 3.04. The van der Waals surface area contributed by atoms with E-state index in [2.05, 4.69) is 15.3 Å². The molecule has 4 rings (SSSR count). The van der Waals surface area contributed by atoms with E-state index in [4.69, 9.17) is 4.74 Å². The van der Waals surface area contributed by atoms with Gasteiger partial charge in [-0.15, -0.1) is 11.3 Å². The number of hydrogen-bond donors (Lipinski definition) is 1. The number of pyridine rings is 1. The average Bonchev–Trinajstić information content (AvgIpc) is 3.32. The van der Waals surface area contributed by atoms with E-state index in [0.29, 0.717) is 12.1 Å². The highest BCUT2D eigenvalue weighted by molar-refractivity contribution is 7.13. The molecule has 0 saturated carbocycles. The first-order chi connectivity index (χ1) is 15.2. The molecule has 1 amide bonds. The Bertz CT molecular complexity index is 1170. The molecule has 0 spiro atoms. The highest BCUT2D eigenvalue weighted by Crippen LogP contribution is 2.23. The zero-order chi connectivity index (χ0) is 21.5. The van der Waals surface area contributed by atoms with Crippen molar-refractivity contribution >= 4 is 28.9 Å². The van der Waals surface area contributed by atoms with Gasteiger partial charge in [-0.1, -0.05) is 42.5 Å². The summed E-state index contributed by atoms with van der Waals surface area (Å²) in [4.78, 5) is 21.8. The van der Waals surface area contributed by atoms with E-state index >= 15 is 0 Å². The Morgan fingerprint density at radius 3 is 2.58 bits per heavy atom. The van der Waals surface area contributed by atoms with Crippen LogP contribution < -0.4 is 10.1 Å². The van der Waals surface area contributed by atoms with E-state index < -0.39 is 0 Å². The molecule has 0 aliphatic carbocycles. The van der Waals surface area contributed by atoms with Gasteiger partial charge in [0, 0.05) is 28.9 Å². The fourth-order valence-corrected chi connectivity index (χ4v) is 3.85. The zero-order valence-corrected chi connectivity index (χ0v) is 17.8. The Kier molecular flexibility index (Phi) is 6.50. The maximum absolute atomic E-state index is 13.1. The monoisotopic (exact) mass is 427 g/mol. The summed E-state index contributed by atoms with van der Waals surface area (Å²) in [6, 6.07) is 21.1. The van der Waals surface area contributed by atoms with Crippen LogP contribution in [0.2, 0.25) is 0 Å². The van der Waals surface area contributed by atoms with E-state index in [1.54, 1.807) is 19.5 Å². The van der Waals surface area contributed by atoms with E-state index in [1.165, 1.54) is 11.3 Å². The van der Waals surface area contributed by atoms with Crippen LogP contribution in [0.15, 0.2) is 84.5 Å². The predicted octanol–water partition coefficient (Wildman–Crippen LogP) is 5.07. The molecule has 0 radical (unpaired) electrons. The van der Waals surface area contributed by atoms with Crippen molar-refractivity contribution < 1.29 is 9.53 Å². The number of hydrogen-bond acceptors (Lipinski definition) is 5. The average molecular weight is 428 g/mol. The zero-order valence-electron chi connectivity index (χ0n) is 17.0. The first kappa shape index (κ1) is 20.5. The minimum atomic E-state index is -0.155. The van der Waals surface area contributed by atoms with Crippen molar-refractivity contribution in [2.75, 3.05) is 7.11 Å². The van der Waals surface area contributed by atoms with Crippen LogP contribution in [0.25, 0.3) is 22.2 Å². The van der Waals surface area contributed by atoms with Gasteiger partial charge >= 0.3 is 0 Å². The van der Waals surface area contributed by atoms with Crippen molar-refractivity contribution in [2.45, 2.75) is 6.54 Å². The third-order valence-corrected chi connectivity index (χ3v) is 5.59. The van der Waals surface area contributed by atoms with Gasteiger partial charge < -0.3 is 10.1 Å². The van der Waals surface area contributed by atoms with Crippen LogP contribution in [-0.4, -0.2) is 23.0 Å². The minimum absolute atomic E-state index is 0.155. The van der Waals surface area contributed by atoms with Crippen molar-refractivity contribution in [3.63, 3.8) is 0 Å². The van der Waals surface area contributed by atoms with Crippen molar-refractivity contribution in [3.8, 4) is 16.3 Å². The van der Waals surface area contributed by atoms with Crippen molar-refractivity contribution in [2.24, 2.45) is 0 Å². The molecule has 2 aromatic carbocycles. The normalized spacial score (nSPS) is 11.2. The largest absolute Gasteiger partial charge is 0.497 e. The van der Waals surface area contributed by atoms with Gasteiger partial charge in [0.25, 0.3) is 5.91 Å². The number of methoxy groups -OCH3 is 1. The Balaban J connectivity index is 1.52. The lowest BCUT2D eigenvalue weighted by Crippen LogP contribution is -2.24. The van der Waals surface area contributed by atoms with Crippen LogP contribution in [-0.2, 0) is 11.3 Å². The molecule has 31 heavy (non-hydrogen) atoms. The van der Waals surface area contributed by atoms with Crippen LogP contribution in [0.4, 0.5) is 0 Å². The maximum Gasteiger partial charge on any atom is 0.252 e. The molecule has 6 heteroatoms. The number of rotatable bonds is 7. The molecule has 4 aromatic rings. The summed E-state index contributed by atoms with van der Waals surface area (Å²) in [6.45, 7) is 0.350. The number of nitrogens with zero attached hydrogens (tertiary/aromatic N) is 2. The maximum atomic E-state index is 13.1. The number of benzene rings is 2. The second-order valence-electron chi connectivity index (χ2n) is 6.77. The van der Waals surface area contributed by atoms with E-state index in [1.807, 2.05) is 78.2 Å². The number of ether oxygens (including phenoxy) is 1. The Hall–Kier alpha value is -3.77. The second kappa shape index (κ2) is 9.82. The number of nitrogens with one attached hydrogen (secondary N) is 1. The quantitative estimate of drug-likeness (QED) is 0.330. The van der Waals surface area contributed by atoms with Crippen LogP contribution in [0, 0.1) is 0 Å². The second-order valence-corrected chi connectivity index (χ2v) is 7.62. The fraction of sp³-hybridized carbons (Fsp3) is 0.0800.